The summed E-state index contributed by atoms with van der Waals surface area (Å²) in [7, 11) is 0. The van der Waals surface area contributed by atoms with Crippen LogP contribution >= 0.6 is 0 Å². The third-order valence-electron chi connectivity index (χ3n) is 2.45. The molecule has 0 aliphatic heterocycles. The fourth-order valence-electron chi connectivity index (χ4n) is 1.63. The smallest absolute Gasteiger partial charge is 0.249 e. The van der Waals surface area contributed by atoms with Crippen molar-refractivity contribution in [2.75, 3.05) is 0 Å². The summed E-state index contributed by atoms with van der Waals surface area (Å²) in [5, 5.41) is 0. The first kappa shape index (κ1) is 15.5. The number of allylic oxidation sites excluding steroid dienone is 3. The minimum absolute atomic E-state index is 0.0445. The van der Waals surface area contributed by atoms with Gasteiger partial charge in [0.15, 0.2) is 0 Å². The Kier molecular flexibility index (Phi) is 6.33. The molecule has 3 nitrogen and oxygen atoms in total. The maximum atomic E-state index is 12.2. The van der Waals surface area contributed by atoms with E-state index in [4.69, 9.17) is 5.73 Å². The predicted molar refractivity (Wildman–Crippen MR) is 73.3 cm³/mol. The summed E-state index contributed by atoms with van der Waals surface area (Å²) >= 11 is 0. The number of carbonyl (C=O) groups is 1. The molecule has 0 bridgehead atoms. The summed E-state index contributed by atoms with van der Waals surface area (Å²) in [5.41, 5.74) is 6.82. The first-order valence-electron chi connectivity index (χ1n) is 5.90. The van der Waals surface area contributed by atoms with E-state index in [2.05, 4.69) is 6.58 Å². The van der Waals surface area contributed by atoms with Gasteiger partial charge in [0.2, 0.25) is 5.91 Å². The lowest BCUT2D eigenvalue weighted by molar-refractivity contribution is -0.130. The predicted octanol–water partition coefficient (Wildman–Crippen LogP) is 2.61. The Bertz CT molecular complexity index is 330. The maximum absolute atomic E-state index is 12.2. The van der Waals surface area contributed by atoms with E-state index in [1.165, 1.54) is 0 Å². The van der Waals surface area contributed by atoms with Crippen molar-refractivity contribution in [1.82, 2.24) is 4.90 Å². The van der Waals surface area contributed by atoms with Crippen molar-refractivity contribution in [3.8, 4) is 0 Å². The highest BCUT2D eigenvalue weighted by molar-refractivity contribution is 5.93. The van der Waals surface area contributed by atoms with E-state index in [1.807, 2.05) is 32.6 Å². The fourth-order valence-corrected chi connectivity index (χ4v) is 1.63. The SMILES string of the molecule is C=C/C(N)=C\C=C(/C)C(=O)N(C(C)C)C(C)C. The van der Waals surface area contributed by atoms with Gasteiger partial charge >= 0.3 is 0 Å². The van der Waals surface area contributed by atoms with Crippen LogP contribution in [0.1, 0.15) is 34.6 Å². The van der Waals surface area contributed by atoms with Crippen molar-refractivity contribution >= 4 is 5.91 Å². The van der Waals surface area contributed by atoms with E-state index < -0.39 is 0 Å². The summed E-state index contributed by atoms with van der Waals surface area (Å²) < 4.78 is 0. The fraction of sp³-hybridized carbons (Fsp3) is 0.500. The molecule has 0 radical (unpaired) electrons. The van der Waals surface area contributed by atoms with Crippen molar-refractivity contribution in [2.24, 2.45) is 5.73 Å². The van der Waals surface area contributed by atoms with Crippen molar-refractivity contribution in [3.05, 3.63) is 36.1 Å². The van der Waals surface area contributed by atoms with E-state index >= 15 is 0 Å². The summed E-state index contributed by atoms with van der Waals surface area (Å²) in [5.74, 6) is 0.0445. The normalized spacial score (nSPS) is 13.1. The molecule has 0 saturated heterocycles. The topological polar surface area (TPSA) is 46.3 Å². The van der Waals surface area contributed by atoms with Gasteiger partial charge < -0.3 is 10.6 Å². The Morgan fingerprint density at radius 1 is 1.18 bits per heavy atom. The molecule has 96 valence electrons. The van der Waals surface area contributed by atoms with Gasteiger partial charge in [0.05, 0.1) is 0 Å². The average Bonchev–Trinajstić information content (AvgIpc) is 2.23. The Balaban J connectivity index is 4.96. The van der Waals surface area contributed by atoms with Crippen LogP contribution in [0.25, 0.3) is 0 Å². The highest BCUT2D eigenvalue weighted by atomic mass is 16.2. The summed E-state index contributed by atoms with van der Waals surface area (Å²) in [6, 6.07) is 0.373. The highest BCUT2D eigenvalue weighted by Crippen LogP contribution is 2.11. The molecule has 0 aromatic rings. The number of nitrogens with two attached hydrogens (primary N) is 1. The molecule has 0 aliphatic rings. The number of nitrogens with zero attached hydrogens (tertiary/aromatic N) is 1. The van der Waals surface area contributed by atoms with Gasteiger partial charge in [-0.2, -0.15) is 0 Å². The van der Waals surface area contributed by atoms with E-state index in [9.17, 15) is 4.79 Å². The zero-order valence-electron chi connectivity index (χ0n) is 11.5. The minimum atomic E-state index is 0.0445. The van der Waals surface area contributed by atoms with Gasteiger partial charge in [0.25, 0.3) is 0 Å². The van der Waals surface area contributed by atoms with Gasteiger partial charge in [-0.25, -0.2) is 0 Å². The molecule has 0 aliphatic carbocycles. The van der Waals surface area contributed by atoms with Crippen LogP contribution in [0, 0.1) is 0 Å². The molecule has 0 saturated carbocycles. The molecule has 17 heavy (non-hydrogen) atoms. The van der Waals surface area contributed by atoms with Crippen LogP contribution in [0.15, 0.2) is 36.1 Å². The van der Waals surface area contributed by atoms with E-state index in [0.717, 1.165) is 0 Å². The van der Waals surface area contributed by atoms with Gasteiger partial charge in [-0.15, -0.1) is 0 Å². The lowest BCUT2D eigenvalue weighted by Crippen LogP contribution is -2.42. The summed E-state index contributed by atoms with van der Waals surface area (Å²) in [6.07, 6.45) is 4.98. The Morgan fingerprint density at radius 3 is 2.00 bits per heavy atom. The summed E-state index contributed by atoms with van der Waals surface area (Å²) in [4.78, 5) is 14.0. The standard InChI is InChI=1S/C14H24N2O/c1-7-13(15)9-8-12(6)14(17)16(10(2)3)11(4)5/h7-11H,1,15H2,2-6H3/b12-8+,13-9+. The third kappa shape index (κ3) is 4.89. The second kappa shape index (κ2) is 6.94. The quantitative estimate of drug-likeness (QED) is 0.589. The number of hydrogen-bond donors (Lipinski definition) is 1. The Morgan fingerprint density at radius 2 is 1.65 bits per heavy atom. The number of hydrogen-bond acceptors (Lipinski definition) is 2. The highest BCUT2D eigenvalue weighted by Gasteiger charge is 2.20. The second-order valence-corrected chi connectivity index (χ2v) is 4.62. The van der Waals surface area contributed by atoms with Gasteiger partial charge in [-0.1, -0.05) is 12.7 Å². The van der Waals surface area contributed by atoms with Crippen LogP contribution in [-0.4, -0.2) is 22.9 Å². The zero-order valence-corrected chi connectivity index (χ0v) is 11.5. The van der Waals surface area contributed by atoms with Crippen molar-refractivity contribution < 1.29 is 4.79 Å². The van der Waals surface area contributed by atoms with Gasteiger partial charge in [0.1, 0.15) is 0 Å². The van der Waals surface area contributed by atoms with Gasteiger partial charge in [0, 0.05) is 23.4 Å². The first-order valence-corrected chi connectivity index (χ1v) is 5.90. The molecular weight excluding hydrogens is 212 g/mol. The number of rotatable bonds is 5. The van der Waals surface area contributed by atoms with E-state index in [1.54, 1.807) is 25.2 Å². The van der Waals surface area contributed by atoms with Crippen molar-refractivity contribution in [3.63, 3.8) is 0 Å². The molecule has 0 rings (SSSR count). The van der Waals surface area contributed by atoms with Crippen molar-refractivity contribution in [1.29, 1.82) is 0 Å². The molecule has 0 heterocycles. The van der Waals surface area contributed by atoms with Crippen LogP contribution in [0.5, 0.6) is 0 Å². The van der Waals surface area contributed by atoms with Gasteiger partial charge in [-0.3, -0.25) is 4.79 Å². The van der Waals surface area contributed by atoms with Gasteiger partial charge in [-0.05, 0) is 46.8 Å². The molecule has 2 N–H and O–H groups in total. The van der Waals surface area contributed by atoms with E-state index in [-0.39, 0.29) is 18.0 Å². The molecule has 0 fully saturated rings. The number of carbonyl (C=O) groups excluding carboxylic acids is 1. The van der Waals surface area contributed by atoms with Crippen LogP contribution in [-0.2, 0) is 4.79 Å². The molecule has 1 amide bonds. The lowest BCUT2D eigenvalue weighted by Gasteiger charge is -2.31. The molecule has 0 atom stereocenters. The molecule has 0 aromatic heterocycles. The molecule has 0 spiro atoms. The first-order chi connectivity index (χ1) is 7.81. The Labute approximate surface area is 105 Å². The molecule has 0 aromatic carbocycles. The maximum Gasteiger partial charge on any atom is 0.249 e. The van der Waals surface area contributed by atoms with E-state index in [0.29, 0.717) is 11.3 Å². The van der Waals surface area contributed by atoms with Crippen LogP contribution < -0.4 is 5.73 Å². The molecule has 3 heteroatoms. The zero-order chi connectivity index (χ0) is 13.6. The van der Waals surface area contributed by atoms with Crippen LogP contribution in [0.3, 0.4) is 0 Å². The number of amides is 1. The Hall–Kier alpha value is -1.51. The van der Waals surface area contributed by atoms with Crippen molar-refractivity contribution in [2.45, 2.75) is 46.7 Å². The average molecular weight is 236 g/mol. The minimum Gasteiger partial charge on any atom is -0.399 e. The second-order valence-electron chi connectivity index (χ2n) is 4.62. The largest absolute Gasteiger partial charge is 0.399 e. The molecular formula is C14H24N2O. The monoisotopic (exact) mass is 236 g/mol. The third-order valence-corrected chi connectivity index (χ3v) is 2.45. The molecule has 0 unspecified atom stereocenters. The summed E-state index contributed by atoms with van der Waals surface area (Å²) in [6.45, 7) is 13.4. The lowest BCUT2D eigenvalue weighted by atomic mass is 10.1. The van der Waals surface area contributed by atoms with Crippen LogP contribution in [0.4, 0.5) is 0 Å². The van der Waals surface area contributed by atoms with Crippen LogP contribution in [0.2, 0.25) is 0 Å².